The van der Waals surface area contributed by atoms with Gasteiger partial charge in [0, 0.05) is 0 Å². The van der Waals surface area contributed by atoms with Gasteiger partial charge in [-0.2, -0.15) is 0 Å². The fraction of sp³-hybridized carbons (Fsp3) is 0.300. The predicted molar refractivity (Wildman–Crippen MR) is 48.3 cm³/mol. The normalized spacial score (nSPS) is 17.7. The largest absolute Gasteiger partial charge is 0.507 e. The molecule has 4 nitrogen and oxygen atoms in total. The molecule has 1 aliphatic carbocycles. The minimum absolute atomic E-state index is 0.146. The van der Waals surface area contributed by atoms with Crippen LogP contribution in [0.1, 0.15) is 18.4 Å². The van der Waals surface area contributed by atoms with E-state index < -0.39 is 11.4 Å². The molecule has 0 aromatic heterocycles. The van der Waals surface area contributed by atoms with Crippen LogP contribution < -0.4 is 0 Å². The summed E-state index contributed by atoms with van der Waals surface area (Å²) in [6, 6.07) is 4.25. The highest BCUT2D eigenvalue weighted by Gasteiger charge is 2.54. The molecule has 14 heavy (non-hydrogen) atoms. The zero-order valence-electron chi connectivity index (χ0n) is 7.40. The highest BCUT2D eigenvalue weighted by atomic mass is 16.4. The number of phenols is 2. The van der Waals surface area contributed by atoms with E-state index in [4.69, 9.17) is 5.11 Å². The van der Waals surface area contributed by atoms with Gasteiger partial charge in [-0.1, -0.05) is 6.07 Å². The first-order chi connectivity index (χ1) is 6.58. The second-order valence-electron chi connectivity index (χ2n) is 3.56. The van der Waals surface area contributed by atoms with E-state index in [1.165, 1.54) is 18.2 Å². The molecule has 3 N–H and O–H groups in total. The Morgan fingerprint density at radius 1 is 1.21 bits per heavy atom. The third-order valence-electron chi connectivity index (χ3n) is 2.66. The Hall–Kier alpha value is -1.71. The van der Waals surface area contributed by atoms with Gasteiger partial charge in [0.2, 0.25) is 0 Å². The first-order valence-corrected chi connectivity index (χ1v) is 4.33. The molecule has 0 heterocycles. The third kappa shape index (κ3) is 1.04. The average Bonchev–Trinajstić information content (AvgIpc) is 2.85. The SMILES string of the molecule is O=C(O)C1(c2c(O)cccc2O)CC1. The summed E-state index contributed by atoms with van der Waals surface area (Å²) in [6.45, 7) is 0. The van der Waals surface area contributed by atoms with Crippen molar-refractivity contribution >= 4 is 5.97 Å². The number of aliphatic carboxylic acids is 1. The monoisotopic (exact) mass is 194 g/mol. The molecule has 0 saturated heterocycles. The molecule has 74 valence electrons. The van der Waals surface area contributed by atoms with Crippen LogP contribution in [0.4, 0.5) is 0 Å². The van der Waals surface area contributed by atoms with E-state index in [1.807, 2.05) is 0 Å². The van der Waals surface area contributed by atoms with Gasteiger partial charge in [0.1, 0.15) is 16.9 Å². The maximum atomic E-state index is 11.0. The number of benzene rings is 1. The lowest BCUT2D eigenvalue weighted by molar-refractivity contribution is -0.140. The van der Waals surface area contributed by atoms with Crippen molar-refractivity contribution in [3.63, 3.8) is 0 Å². The lowest BCUT2D eigenvalue weighted by Gasteiger charge is -2.13. The van der Waals surface area contributed by atoms with Gasteiger partial charge in [0.25, 0.3) is 0 Å². The summed E-state index contributed by atoms with van der Waals surface area (Å²) in [6.07, 6.45) is 0.931. The second-order valence-corrected chi connectivity index (χ2v) is 3.56. The van der Waals surface area contributed by atoms with Gasteiger partial charge >= 0.3 is 5.97 Å². The maximum absolute atomic E-state index is 11.0. The minimum atomic E-state index is -1.06. The molecular formula is C10H10O4. The Balaban J connectivity index is 2.56. The summed E-state index contributed by atoms with van der Waals surface area (Å²) in [5.74, 6) is -1.29. The number of phenolic OH excluding ortho intramolecular Hbond substituents is 2. The molecule has 0 spiro atoms. The number of hydrogen-bond acceptors (Lipinski definition) is 3. The Labute approximate surface area is 80.4 Å². The number of carbonyl (C=O) groups is 1. The van der Waals surface area contributed by atoms with Crippen LogP contribution in [0.25, 0.3) is 0 Å². The van der Waals surface area contributed by atoms with Crippen molar-refractivity contribution in [1.82, 2.24) is 0 Å². The first kappa shape index (κ1) is 8.87. The van der Waals surface area contributed by atoms with Crippen molar-refractivity contribution in [3.05, 3.63) is 23.8 Å². The summed E-state index contributed by atoms with van der Waals surface area (Å²) < 4.78 is 0. The number of hydrogen-bond donors (Lipinski definition) is 3. The van der Waals surface area contributed by atoms with Crippen molar-refractivity contribution in [3.8, 4) is 11.5 Å². The predicted octanol–water partition coefficient (Wildman–Crippen LogP) is 1.21. The van der Waals surface area contributed by atoms with Crippen LogP contribution in [-0.4, -0.2) is 21.3 Å². The van der Waals surface area contributed by atoms with Gasteiger partial charge in [-0.05, 0) is 25.0 Å². The Kier molecular flexibility index (Phi) is 1.67. The van der Waals surface area contributed by atoms with E-state index in [-0.39, 0.29) is 17.1 Å². The van der Waals surface area contributed by atoms with Crippen LogP contribution in [0.2, 0.25) is 0 Å². The quantitative estimate of drug-likeness (QED) is 0.661. The fourth-order valence-electron chi connectivity index (χ4n) is 1.71. The van der Waals surface area contributed by atoms with Crippen LogP contribution in [0.3, 0.4) is 0 Å². The van der Waals surface area contributed by atoms with E-state index in [9.17, 15) is 15.0 Å². The maximum Gasteiger partial charge on any atom is 0.314 e. The van der Waals surface area contributed by atoms with Crippen molar-refractivity contribution < 1.29 is 20.1 Å². The second kappa shape index (κ2) is 2.64. The zero-order valence-corrected chi connectivity index (χ0v) is 7.40. The van der Waals surface area contributed by atoms with Gasteiger partial charge in [-0.15, -0.1) is 0 Å². The van der Waals surface area contributed by atoms with Crippen LogP contribution in [-0.2, 0) is 10.2 Å². The standard InChI is InChI=1S/C10H10O4/c11-6-2-1-3-7(12)8(6)10(4-5-10)9(13)14/h1-3,11-12H,4-5H2,(H,13,14). The van der Waals surface area contributed by atoms with E-state index in [2.05, 4.69) is 0 Å². The molecule has 0 aliphatic heterocycles. The number of carboxylic acid groups (broad SMARTS) is 1. The van der Waals surface area contributed by atoms with Gasteiger partial charge in [-0.25, -0.2) is 0 Å². The summed E-state index contributed by atoms with van der Waals surface area (Å²) in [4.78, 5) is 11.0. The molecule has 1 aromatic carbocycles. The van der Waals surface area contributed by atoms with Gasteiger partial charge < -0.3 is 15.3 Å². The molecule has 0 amide bonds. The molecule has 2 rings (SSSR count). The van der Waals surface area contributed by atoms with Crippen molar-refractivity contribution in [2.24, 2.45) is 0 Å². The Morgan fingerprint density at radius 2 is 1.71 bits per heavy atom. The fourth-order valence-corrected chi connectivity index (χ4v) is 1.71. The molecule has 0 unspecified atom stereocenters. The third-order valence-corrected chi connectivity index (χ3v) is 2.66. The van der Waals surface area contributed by atoms with Crippen LogP contribution in [0, 0.1) is 0 Å². The van der Waals surface area contributed by atoms with Crippen molar-refractivity contribution in [2.75, 3.05) is 0 Å². The topological polar surface area (TPSA) is 77.8 Å². The summed E-state index contributed by atoms with van der Waals surface area (Å²) in [7, 11) is 0. The number of aromatic hydroxyl groups is 2. The van der Waals surface area contributed by atoms with Crippen LogP contribution in [0.15, 0.2) is 18.2 Å². The van der Waals surface area contributed by atoms with Gasteiger partial charge in [0.15, 0.2) is 0 Å². The summed E-state index contributed by atoms with van der Waals surface area (Å²) >= 11 is 0. The molecular weight excluding hydrogens is 184 g/mol. The molecule has 0 bridgehead atoms. The Morgan fingerprint density at radius 3 is 2.07 bits per heavy atom. The minimum Gasteiger partial charge on any atom is -0.507 e. The highest BCUT2D eigenvalue weighted by molar-refractivity contribution is 5.87. The molecule has 4 heteroatoms. The molecule has 0 radical (unpaired) electrons. The Bertz CT molecular complexity index is 373. The molecule has 1 fully saturated rings. The first-order valence-electron chi connectivity index (χ1n) is 4.33. The van der Waals surface area contributed by atoms with Crippen molar-refractivity contribution in [2.45, 2.75) is 18.3 Å². The number of carboxylic acids is 1. The zero-order chi connectivity index (χ0) is 10.3. The van der Waals surface area contributed by atoms with E-state index in [0.717, 1.165) is 0 Å². The van der Waals surface area contributed by atoms with E-state index in [0.29, 0.717) is 12.8 Å². The van der Waals surface area contributed by atoms with Gasteiger partial charge in [-0.3, -0.25) is 4.79 Å². The average molecular weight is 194 g/mol. The summed E-state index contributed by atoms with van der Waals surface area (Å²) in [5, 5.41) is 28.0. The summed E-state index contributed by atoms with van der Waals surface area (Å²) in [5.41, 5.74) is -0.914. The van der Waals surface area contributed by atoms with E-state index >= 15 is 0 Å². The molecule has 1 saturated carbocycles. The van der Waals surface area contributed by atoms with E-state index in [1.54, 1.807) is 0 Å². The highest BCUT2D eigenvalue weighted by Crippen LogP contribution is 2.54. The lowest BCUT2D eigenvalue weighted by Crippen LogP contribution is -2.19. The van der Waals surface area contributed by atoms with Crippen LogP contribution in [0.5, 0.6) is 11.5 Å². The van der Waals surface area contributed by atoms with Crippen LogP contribution >= 0.6 is 0 Å². The molecule has 1 aliphatic rings. The smallest absolute Gasteiger partial charge is 0.314 e. The molecule has 0 atom stereocenters. The van der Waals surface area contributed by atoms with Crippen molar-refractivity contribution in [1.29, 1.82) is 0 Å². The number of rotatable bonds is 2. The molecule has 1 aromatic rings. The van der Waals surface area contributed by atoms with Gasteiger partial charge in [0.05, 0.1) is 5.56 Å². The lowest BCUT2D eigenvalue weighted by atomic mass is 9.94.